The summed E-state index contributed by atoms with van der Waals surface area (Å²) in [5.74, 6) is 0. The van der Waals surface area contributed by atoms with E-state index in [1.165, 1.54) is 0 Å². The summed E-state index contributed by atoms with van der Waals surface area (Å²) in [6.45, 7) is -0.0397. The molecule has 0 fully saturated rings. The predicted molar refractivity (Wildman–Crippen MR) is 81.4 cm³/mol. The summed E-state index contributed by atoms with van der Waals surface area (Å²) in [5.41, 5.74) is 6.41. The van der Waals surface area contributed by atoms with Crippen molar-refractivity contribution in [1.82, 2.24) is 0 Å². The van der Waals surface area contributed by atoms with Gasteiger partial charge in [-0.1, -0.05) is 29.8 Å². The number of nitrogens with one attached hydrogen (secondary N) is 1. The Morgan fingerprint density at radius 1 is 1.14 bits per heavy atom. The summed E-state index contributed by atoms with van der Waals surface area (Å²) in [7, 11) is 0. The number of hydrogen-bond acceptors (Lipinski definition) is 3. The van der Waals surface area contributed by atoms with E-state index in [1.54, 1.807) is 24.3 Å². The van der Waals surface area contributed by atoms with Gasteiger partial charge in [-0.15, -0.1) is 0 Å². The molecule has 2 aromatic carbocycles. The molecule has 118 valence electrons. The molecule has 0 atom stereocenters. The summed E-state index contributed by atoms with van der Waals surface area (Å²) >= 11 is 5.70. The molecule has 0 aromatic heterocycles. The fourth-order valence-electron chi connectivity index (χ4n) is 2.04. The molecule has 0 radical (unpaired) electrons. The van der Waals surface area contributed by atoms with Crippen LogP contribution in [0.4, 0.5) is 30.2 Å². The van der Waals surface area contributed by atoms with Crippen LogP contribution in [-0.4, -0.2) is 11.7 Å². The molecule has 4 N–H and O–H groups in total. The first-order valence-corrected chi connectivity index (χ1v) is 6.82. The molecular formula is C15H14ClF3N2O. The van der Waals surface area contributed by atoms with Crippen LogP contribution in [0, 0.1) is 0 Å². The minimum absolute atomic E-state index is 0.0397. The second kappa shape index (κ2) is 6.46. The topological polar surface area (TPSA) is 58.3 Å². The minimum Gasteiger partial charge on any atom is -0.397 e. The highest BCUT2D eigenvalue weighted by molar-refractivity contribution is 6.32. The third-order valence-corrected chi connectivity index (χ3v) is 3.43. The van der Waals surface area contributed by atoms with Crippen LogP contribution in [0.3, 0.4) is 0 Å². The number of aliphatic hydroxyl groups excluding tert-OH is 1. The summed E-state index contributed by atoms with van der Waals surface area (Å²) in [6, 6.07) is 9.08. The maximum absolute atomic E-state index is 12.8. The van der Waals surface area contributed by atoms with Gasteiger partial charge in [0, 0.05) is 12.3 Å². The van der Waals surface area contributed by atoms with E-state index in [0.29, 0.717) is 12.1 Å². The summed E-state index contributed by atoms with van der Waals surface area (Å²) in [6.07, 6.45) is -4.14. The van der Waals surface area contributed by atoms with E-state index < -0.39 is 16.8 Å². The van der Waals surface area contributed by atoms with Gasteiger partial charge in [-0.25, -0.2) is 0 Å². The van der Waals surface area contributed by atoms with Gasteiger partial charge in [-0.3, -0.25) is 0 Å². The number of hydrogen-bond donors (Lipinski definition) is 3. The van der Waals surface area contributed by atoms with Crippen LogP contribution in [0.2, 0.25) is 5.02 Å². The first-order valence-electron chi connectivity index (χ1n) is 6.45. The fourth-order valence-corrected chi connectivity index (χ4v) is 2.31. The Bertz CT molecular complexity index is 674. The van der Waals surface area contributed by atoms with Crippen molar-refractivity contribution in [2.24, 2.45) is 0 Å². The molecule has 0 aliphatic carbocycles. The zero-order chi connectivity index (χ0) is 16.3. The van der Waals surface area contributed by atoms with Crippen LogP contribution >= 0.6 is 11.6 Å². The maximum atomic E-state index is 12.8. The van der Waals surface area contributed by atoms with Gasteiger partial charge in [0.15, 0.2) is 0 Å². The van der Waals surface area contributed by atoms with E-state index in [9.17, 15) is 13.2 Å². The van der Waals surface area contributed by atoms with Crippen molar-refractivity contribution in [2.75, 3.05) is 17.7 Å². The van der Waals surface area contributed by atoms with Crippen LogP contribution in [-0.2, 0) is 12.6 Å². The van der Waals surface area contributed by atoms with Gasteiger partial charge >= 0.3 is 6.18 Å². The average Bonchev–Trinajstić information content (AvgIpc) is 2.43. The zero-order valence-corrected chi connectivity index (χ0v) is 12.2. The third kappa shape index (κ3) is 3.64. The zero-order valence-electron chi connectivity index (χ0n) is 11.4. The van der Waals surface area contributed by atoms with Crippen LogP contribution < -0.4 is 11.1 Å². The van der Waals surface area contributed by atoms with Crippen LogP contribution in [0.25, 0.3) is 0 Å². The van der Waals surface area contributed by atoms with Crippen molar-refractivity contribution in [1.29, 1.82) is 0 Å². The monoisotopic (exact) mass is 330 g/mol. The lowest BCUT2D eigenvalue weighted by molar-refractivity contribution is -0.137. The first-order chi connectivity index (χ1) is 10.3. The third-order valence-electron chi connectivity index (χ3n) is 3.11. The lowest BCUT2D eigenvalue weighted by Crippen LogP contribution is -2.08. The lowest BCUT2D eigenvalue weighted by Gasteiger charge is -2.16. The van der Waals surface area contributed by atoms with E-state index in [4.69, 9.17) is 22.4 Å². The molecule has 0 saturated heterocycles. The van der Waals surface area contributed by atoms with Gasteiger partial charge in [0.2, 0.25) is 0 Å². The molecule has 2 rings (SSSR count). The standard InChI is InChI=1S/C15H14ClF3N2O/c16-11-8-14(12(20)7-10(11)15(17,18)19)21-13-4-2-1-3-9(13)5-6-22/h1-4,7-8,21-22H,5-6,20H2. The van der Waals surface area contributed by atoms with Crippen molar-refractivity contribution in [3.63, 3.8) is 0 Å². The smallest absolute Gasteiger partial charge is 0.397 e. The lowest BCUT2D eigenvalue weighted by atomic mass is 10.1. The van der Waals surface area contributed by atoms with Gasteiger partial charge in [-0.05, 0) is 30.2 Å². The Labute approximate surface area is 130 Å². The Morgan fingerprint density at radius 2 is 1.82 bits per heavy atom. The van der Waals surface area contributed by atoms with Gasteiger partial charge in [0.05, 0.1) is 22.0 Å². The molecule has 0 amide bonds. The molecule has 22 heavy (non-hydrogen) atoms. The molecule has 0 spiro atoms. The summed E-state index contributed by atoms with van der Waals surface area (Å²) < 4.78 is 38.3. The molecule has 0 aliphatic heterocycles. The van der Waals surface area contributed by atoms with E-state index in [1.807, 2.05) is 0 Å². The number of benzene rings is 2. The van der Waals surface area contributed by atoms with Crippen molar-refractivity contribution < 1.29 is 18.3 Å². The molecular weight excluding hydrogens is 317 g/mol. The number of anilines is 3. The molecule has 0 heterocycles. The summed E-state index contributed by atoms with van der Waals surface area (Å²) in [4.78, 5) is 0. The molecule has 7 heteroatoms. The Hall–Kier alpha value is -1.92. The number of halogens is 4. The summed E-state index contributed by atoms with van der Waals surface area (Å²) in [5, 5.41) is 11.6. The highest BCUT2D eigenvalue weighted by atomic mass is 35.5. The van der Waals surface area contributed by atoms with Crippen molar-refractivity contribution in [2.45, 2.75) is 12.6 Å². The first kappa shape index (κ1) is 16.5. The van der Waals surface area contributed by atoms with Crippen molar-refractivity contribution in [3.05, 3.63) is 52.5 Å². The van der Waals surface area contributed by atoms with E-state index >= 15 is 0 Å². The van der Waals surface area contributed by atoms with E-state index in [-0.39, 0.29) is 18.0 Å². The predicted octanol–water partition coefficient (Wildman–Crippen LogP) is 4.22. The Morgan fingerprint density at radius 3 is 2.45 bits per heavy atom. The largest absolute Gasteiger partial charge is 0.417 e. The second-order valence-corrected chi connectivity index (χ2v) is 5.08. The van der Waals surface area contributed by atoms with Crippen molar-refractivity contribution in [3.8, 4) is 0 Å². The quantitative estimate of drug-likeness (QED) is 0.736. The number of rotatable bonds is 4. The Balaban J connectivity index is 2.37. The average molecular weight is 331 g/mol. The van der Waals surface area contributed by atoms with Crippen LogP contribution in [0.1, 0.15) is 11.1 Å². The highest BCUT2D eigenvalue weighted by Gasteiger charge is 2.33. The van der Waals surface area contributed by atoms with Crippen molar-refractivity contribution >= 4 is 28.7 Å². The minimum atomic E-state index is -4.56. The molecule has 0 aliphatic rings. The highest BCUT2D eigenvalue weighted by Crippen LogP contribution is 2.39. The maximum Gasteiger partial charge on any atom is 0.417 e. The van der Waals surface area contributed by atoms with Gasteiger partial charge in [-0.2, -0.15) is 13.2 Å². The van der Waals surface area contributed by atoms with Crippen LogP contribution in [0.5, 0.6) is 0 Å². The number of nitrogen functional groups attached to an aromatic ring is 1. The molecule has 0 saturated carbocycles. The normalized spacial score (nSPS) is 11.5. The van der Waals surface area contributed by atoms with Gasteiger partial charge < -0.3 is 16.2 Å². The fraction of sp³-hybridized carbons (Fsp3) is 0.200. The number of aliphatic hydroxyl groups is 1. The molecule has 0 bridgehead atoms. The van der Waals surface area contributed by atoms with Gasteiger partial charge in [0.1, 0.15) is 0 Å². The van der Waals surface area contributed by atoms with E-state index in [0.717, 1.165) is 17.7 Å². The number of para-hydroxylation sites is 1. The molecule has 2 aromatic rings. The SMILES string of the molecule is Nc1cc(C(F)(F)F)c(Cl)cc1Nc1ccccc1CCO. The molecule has 0 unspecified atom stereocenters. The van der Waals surface area contributed by atoms with Crippen LogP contribution in [0.15, 0.2) is 36.4 Å². The molecule has 3 nitrogen and oxygen atoms in total. The Kier molecular flexibility index (Phi) is 4.83. The van der Waals surface area contributed by atoms with E-state index in [2.05, 4.69) is 5.32 Å². The number of nitrogens with two attached hydrogens (primary N) is 1. The second-order valence-electron chi connectivity index (χ2n) is 4.67. The number of alkyl halides is 3. The van der Waals surface area contributed by atoms with Gasteiger partial charge in [0.25, 0.3) is 0 Å².